The zero-order chi connectivity index (χ0) is 37.4. The molecule has 0 aromatic rings. The molecule has 10 heteroatoms. The van der Waals surface area contributed by atoms with Crippen molar-refractivity contribution in [3.63, 3.8) is 0 Å². The Labute approximate surface area is 309 Å². The number of hydrogen-bond acceptors (Lipinski definition) is 10. The fourth-order valence-corrected chi connectivity index (χ4v) is 6.00. The highest BCUT2D eigenvalue weighted by atomic mass is 16.7. The van der Waals surface area contributed by atoms with Crippen molar-refractivity contribution >= 4 is 11.9 Å². The molecule has 6 atom stereocenters. The number of unbranched alkanes of at least 4 members (excludes halogenated alkanes) is 18. The second kappa shape index (κ2) is 32.8. The Kier molecular flexibility index (Phi) is 30.4. The summed E-state index contributed by atoms with van der Waals surface area (Å²) in [6.45, 7) is 3.36. The number of ether oxygens (including phenoxy) is 4. The number of carbonyl (C=O) groups is 2. The van der Waals surface area contributed by atoms with Crippen LogP contribution >= 0.6 is 0 Å². The Hall–Kier alpha value is -1.82. The number of allylic oxidation sites excluding steroid dienone is 4. The van der Waals surface area contributed by atoms with Crippen LogP contribution in [0, 0.1) is 0 Å². The van der Waals surface area contributed by atoms with E-state index in [1.54, 1.807) is 0 Å². The van der Waals surface area contributed by atoms with Crippen molar-refractivity contribution in [2.75, 3.05) is 19.8 Å². The van der Waals surface area contributed by atoms with Crippen molar-refractivity contribution < 1.29 is 49.0 Å². The Morgan fingerprint density at radius 3 is 1.57 bits per heavy atom. The van der Waals surface area contributed by atoms with Gasteiger partial charge in [-0.2, -0.15) is 0 Å². The summed E-state index contributed by atoms with van der Waals surface area (Å²) in [5.74, 6) is -0.827. The van der Waals surface area contributed by atoms with Crippen LogP contribution in [0.15, 0.2) is 24.3 Å². The van der Waals surface area contributed by atoms with E-state index in [9.17, 15) is 30.0 Å². The summed E-state index contributed by atoms with van der Waals surface area (Å²) in [6.07, 6.45) is 26.1. The molecule has 0 aromatic carbocycles. The summed E-state index contributed by atoms with van der Waals surface area (Å²) < 4.78 is 22.1. The van der Waals surface area contributed by atoms with Gasteiger partial charge in [0.05, 0.1) is 13.2 Å². The van der Waals surface area contributed by atoms with E-state index in [1.165, 1.54) is 57.8 Å². The van der Waals surface area contributed by atoms with E-state index >= 15 is 0 Å². The molecule has 1 aliphatic rings. The Morgan fingerprint density at radius 1 is 0.588 bits per heavy atom. The summed E-state index contributed by atoms with van der Waals surface area (Å²) in [5, 5.41) is 39.9. The minimum atomic E-state index is -1.59. The number of rotatable bonds is 33. The Morgan fingerprint density at radius 2 is 1.04 bits per heavy atom. The van der Waals surface area contributed by atoms with Gasteiger partial charge in [-0.3, -0.25) is 9.59 Å². The van der Waals surface area contributed by atoms with Crippen LogP contribution in [0.4, 0.5) is 0 Å². The monoisotopic (exact) mass is 727 g/mol. The molecular formula is C41H74O10. The van der Waals surface area contributed by atoms with Crippen molar-refractivity contribution in [2.45, 2.75) is 205 Å². The quantitative estimate of drug-likeness (QED) is 0.0300. The van der Waals surface area contributed by atoms with Gasteiger partial charge >= 0.3 is 11.9 Å². The minimum Gasteiger partial charge on any atom is -0.462 e. The third kappa shape index (κ3) is 24.9. The van der Waals surface area contributed by atoms with Crippen molar-refractivity contribution in [1.82, 2.24) is 0 Å². The number of aliphatic hydroxyl groups is 4. The van der Waals surface area contributed by atoms with Gasteiger partial charge in [0.25, 0.3) is 0 Å². The molecule has 298 valence electrons. The molecule has 0 radical (unpaired) electrons. The van der Waals surface area contributed by atoms with E-state index in [-0.39, 0.29) is 32.0 Å². The van der Waals surface area contributed by atoms with Crippen LogP contribution in [0.25, 0.3) is 0 Å². The standard InChI is InChI=1S/C41H74O10/c1-3-5-7-9-11-13-15-17-18-20-21-23-25-27-29-36(43)48-32-34(33-49-41-40(47)39(46)38(45)35(31-42)51-41)50-37(44)30-28-26-24-22-19-16-14-12-10-8-6-4-2/h12,14-15,17,34-35,38-42,45-47H,3-11,13,16,18-33H2,1-2H3/b14-12+,17-15+/t34-,35-,38+,39?,40?,41-/m0/s1. The lowest BCUT2D eigenvalue weighted by Crippen LogP contribution is -2.59. The van der Waals surface area contributed by atoms with Gasteiger partial charge in [0.1, 0.15) is 31.0 Å². The van der Waals surface area contributed by atoms with Gasteiger partial charge in [-0.1, -0.05) is 115 Å². The molecule has 1 rings (SSSR count). The van der Waals surface area contributed by atoms with Gasteiger partial charge < -0.3 is 39.4 Å². The van der Waals surface area contributed by atoms with E-state index in [4.69, 9.17) is 18.9 Å². The average Bonchev–Trinajstić information content (AvgIpc) is 3.13. The van der Waals surface area contributed by atoms with Crippen LogP contribution < -0.4 is 0 Å². The van der Waals surface area contributed by atoms with E-state index in [1.807, 2.05) is 0 Å². The third-order valence-corrected chi connectivity index (χ3v) is 9.31. The number of aliphatic hydroxyl groups excluding tert-OH is 4. The molecule has 1 heterocycles. The number of hydrogen-bond donors (Lipinski definition) is 4. The lowest BCUT2D eigenvalue weighted by molar-refractivity contribution is -0.305. The van der Waals surface area contributed by atoms with Crippen molar-refractivity contribution in [2.24, 2.45) is 0 Å². The third-order valence-electron chi connectivity index (χ3n) is 9.31. The van der Waals surface area contributed by atoms with Gasteiger partial charge in [0.2, 0.25) is 0 Å². The second-order valence-corrected chi connectivity index (χ2v) is 14.1. The highest BCUT2D eigenvalue weighted by Gasteiger charge is 2.44. The predicted molar refractivity (Wildman–Crippen MR) is 201 cm³/mol. The van der Waals surface area contributed by atoms with Crippen molar-refractivity contribution in [3.05, 3.63) is 24.3 Å². The minimum absolute atomic E-state index is 0.219. The zero-order valence-corrected chi connectivity index (χ0v) is 32.1. The molecule has 0 spiro atoms. The summed E-state index contributed by atoms with van der Waals surface area (Å²) >= 11 is 0. The SMILES string of the molecule is CCCCC/C=C/CCCCCCCC(=O)O[C@@H](COC(=O)CCCCCCC/C=C/CCCCCCC)CO[C@H]1O[C@@H](CO)[C@@H](O)C(O)C1O. The molecule has 2 unspecified atom stereocenters. The summed E-state index contributed by atoms with van der Waals surface area (Å²) in [5.41, 5.74) is 0. The topological polar surface area (TPSA) is 152 Å². The van der Waals surface area contributed by atoms with Gasteiger partial charge in [-0.25, -0.2) is 0 Å². The highest BCUT2D eigenvalue weighted by molar-refractivity contribution is 5.70. The number of esters is 2. The molecule has 4 N–H and O–H groups in total. The Balaban J connectivity index is 2.39. The molecule has 10 nitrogen and oxygen atoms in total. The second-order valence-electron chi connectivity index (χ2n) is 14.1. The Bertz CT molecular complexity index is 892. The maximum Gasteiger partial charge on any atom is 0.306 e. The normalized spacial score (nSPS) is 21.4. The fourth-order valence-electron chi connectivity index (χ4n) is 6.00. The summed E-state index contributed by atoms with van der Waals surface area (Å²) in [7, 11) is 0. The lowest BCUT2D eigenvalue weighted by Gasteiger charge is -2.39. The first-order valence-corrected chi connectivity index (χ1v) is 20.4. The van der Waals surface area contributed by atoms with Gasteiger partial charge in [0.15, 0.2) is 12.4 Å². The van der Waals surface area contributed by atoms with Crippen LogP contribution in [-0.2, 0) is 28.5 Å². The molecule has 51 heavy (non-hydrogen) atoms. The van der Waals surface area contributed by atoms with Crippen molar-refractivity contribution in [1.29, 1.82) is 0 Å². The summed E-state index contributed by atoms with van der Waals surface area (Å²) in [4.78, 5) is 25.2. The largest absolute Gasteiger partial charge is 0.462 e. The zero-order valence-electron chi connectivity index (χ0n) is 32.1. The lowest BCUT2D eigenvalue weighted by atomic mass is 9.99. The predicted octanol–water partition coefficient (Wildman–Crippen LogP) is 7.77. The van der Waals surface area contributed by atoms with Gasteiger partial charge in [-0.05, 0) is 64.2 Å². The van der Waals surface area contributed by atoms with Gasteiger partial charge in [-0.15, -0.1) is 0 Å². The first-order valence-electron chi connectivity index (χ1n) is 20.4. The molecule has 0 amide bonds. The number of carbonyl (C=O) groups excluding carboxylic acids is 2. The molecule has 1 saturated heterocycles. The molecule has 0 saturated carbocycles. The van der Waals surface area contributed by atoms with E-state index in [0.717, 1.165) is 70.6 Å². The summed E-state index contributed by atoms with van der Waals surface area (Å²) in [6, 6.07) is 0. The molecule has 0 aromatic heterocycles. The first-order chi connectivity index (χ1) is 24.8. The first kappa shape index (κ1) is 47.2. The van der Waals surface area contributed by atoms with Crippen LogP contribution in [0.1, 0.15) is 168 Å². The van der Waals surface area contributed by atoms with E-state index in [2.05, 4.69) is 38.2 Å². The van der Waals surface area contributed by atoms with Crippen LogP contribution in [-0.4, -0.2) is 89.0 Å². The van der Waals surface area contributed by atoms with Crippen LogP contribution in [0.5, 0.6) is 0 Å². The fraction of sp³-hybridized carbons (Fsp3) is 0.854. The van der Waals surface area contributed by atoms with Crippen LogP contribution in [0.3, 0.4) is 0 Å². The molecule has 1 fully saturated rings. The molecule has 0 aliphatic carbocycles. The average molecular weight is 727 g/mol. The maximum absolute atomic E-state index is 12.7. The molecule has 1 aliphatic heterocycles. The van der Waals surface area contributed by atoms with Crippen LogP contribution in [0.2, 0.25) is 0 Å². The molecular weight excluding hydrogens is 652 g/mol. The van der Waals surface area contributed by atoms with E-state index in [0.29, 0.717) is 12.8 Å². The van der Waals surface area contributed by atoms with Crippen molar-refractivity contribution in [3.8, 4) is 0 Å². The van der Waals surface area contributed by atoms with Gasteiger partial charge in [0, 0.05) is 12.8 Å². The highest BCUT2D eigenvalue weighted by Crippen LogP contribution is 2.22. The molecule has 0 bridgehead atoms. The van der Waals surface area contributed by atoms with E-state index < -0.39 is 49.4 Å². The maximum atomic E-state index is 12.7. The smallest absolute Gasteiger partial charge is 0.306 e.